The van der Waals surface area contributed by atoms with Crippen LogP contribution in [0.15, 0.2) is 152 Å². The van der Waals surface area contributed by atoms with Crippen LogP contribution in [0.1, 0.15) is 100 Å². The summed E-state index contributed by atoms with van der Waals surface area (Å²) in [4.78, 5) is 40.8. The average Bonchev–Trinajstić information content (AvgIpc) is 0.783. The fraction of sp³-hybridized carbons (Fsp3) is 0.329. The smallest absolute Gasteiger partial charge is 0.226 e. The number of benzene rings is 6. The molecule has 15 rings (SSSR count). The summed E-state index contributed by atoms with van der Waals surface area (Å²) in [5.41, 5.74) is 6.08. The highest BCUT2D eigenvalue weighted by atomic mass is 35.5. The van der Waals surface area contributed by atoms with E-state index in [1.807, 2.05) is 143 Å². The lowest BCUT2D eigenvalue weighted by Crippen LogP contribution is -2.41. The molecule has 3 N–H and O–H groups in total. The molecule has 0 bridgehead atoms. The van der Waals surface area contributed by atoms with Crippen molar-refractivity contribution in [1.29, 1.82) is 0 Å². The van der Waals surface area contributed by atoms with Crippen LogP contribution in [-0.4, -0.2) is 159 Å². The molecule has 3 saturated heterocycles. The minimum absolute atomic E-state index is 0.163. The number of piperidine rings is 3. The summed E-state index contributed by atoms with van der Waals surface area (Å²) in [7, 11) is -9.68. The molecule has 107 heavy (non-hydrogen) atoms. The summed E-state index contributed by atoms with van der Waals surface area (Å²) >= 11 is 6.49. The number of anilines is 3. The lowest BCUT2D eigenvalue weighted by Gasteiger charge is -2.30. The second-order valence-corrected chi connectivity index (χ2v) is 33.2. The van der Waals surface area contributed by atoms with Gasteiger partial charge in [0.2, 0.25) is 47.7 Å². The lowest BCUT2D eigenvalue weighted by molar-refractivity contribution is 0.131. The van der Waals surface area contributed by atoms with E-state index in [-0.39, 0.29) is 18.3 Å². The van der Waals surface area contributed by atoms with Crippen LogP contribution >= 0.6 is 11.6 Å². The van der Waals surface area contributed by atoms with Crippen molar-refractivity contribution in [2.75, 3.05) is 74.0 Å². The molecule has 6 aromatic carbocycles. The molecule has 3 aliphatic heterocycles. The van der Waals surface area contributed by atoms with Crippen molar-refractivity contribution in [3.63, 3.8) is 0 Å². The molecule has 24 nitrogen and oxygen atoms in total. The second kappa shape index (κ2) is 31.9. The van der Waals surface area contributed by atoms with Crippen molar-refractivity contribution in [2.45, 2.75) is 103 Å². The van der Waals surface area contributed by atoms with E-state index in [1.54, 1.807) is 18.2 Å². The predicted octanol–water partition coefficient (Wildman–Crippen LogP) is 13.8. The maximum absolute atomic E-state index is 14.8. The van der Waals surface area contributed by atoms with Gasteiger partial charge in [0, 0.05) is 55.4 Å². The third-order valence-electron chi connectivity index (χ3n) is 19.0. The zero-order valence-corrected chi connectivity index (χ0v) is 62.9. The van der Waals surface area contributed by atoms with Gasteiger partial charge in [-0.25, -0.2) is 66.3 Å². The average molecular weight is 1540 g/mol. The molecule has 0 saturated carbocycles. The van der Waals surface area contributed by atoms with Crippen molar-refractivity contribution in [3.05, 3.63) is 198 Å². The van der Waals surface area contributed by atoms with Crippen LogP contribution in [0.25, 0.3) is 65.4 Å². The first-order valence-electron chi connectivity index (χ1n) is 35.0. The highest BCUT2D eigenvalue weighted by Crippen LogP contribution is 2.38. The largest absolute Gasteiger partial charge is 0.474 e. The molecule has 0 aliphatic carbocycles. The van der Waals surface area contributed by atoms with Crippen LogP contribution in [0.4, 0.5) is 30.2 Å². The van der Waals surface area contributed by atoms with Crippen molar-refractivity contribution < 1.29 is 52.6 Å². The number of aromatic nitrogens is 9. The molecule has 3 fully saturated rings. The van der Waals surface area contributed by atoms with Gasteiger partial charge in [0.1, 0.15) is 18.3 Å². The van der Waals surface area contributed by atoms with Crippen LogP contribution in [-0.2, 0) is 30.1 Å². The van der Waals surface area contributed by atoms with Gasteiger partial charge < -0.3 is 30.2 Å². The highest BCUT2D eigenvalue weighted by Gasteiger charge is 2.32. The van der Waals surface area contributed by atoms with Crippen LogP contribution in [0.3, 0.4) is 0 Å². The number of rotatable bonds is 18. The van der Waals surface area contributed by atoms with Gasteiger partial charge in [0.25, 0.3) is 0 Å². The molecule has 9 heterocycles. The predicted molar refractivity (Wildman–Crippen MR) is 410 cm³/mol. The minimum atomic E-state index is -3.24. The third-order valence-corrected chi connectivity index (χ3v) is 23.3. The summed E-state index contributed by atoms with van der Waals surface area (Å²) < 4.78 is 139. The van der Waals surface area contributed by atoms with Gasteiger partial charge in [-0.2, -0.15) is 15.0 Å². The first kappa shape index (κ1) is 75.4. The molecule has 558 valence electrons. The van der Waals surface area contributed by atoms with E-state index in [9.17, 15) is 38.4 Å². The van der Waals surface area contributed by atoms with Crippen LogP contribution < -0.4 is 30.2 Å². The number of nitrogens with one attached hydrogen (secondary N) is 3. The van der Waals surface area contributed by atoms with Gasteiger partial charge in [0.15, 0.2) is 34.9 Å². The molecule has 0 amide bonds. The van der Waals surface area contributed by atoms with Crippen LogP contribution in [0, 0.1) is 24.4 Å². The van der Waals surface area contributed by atoms with Crippen LogP contribution in [0.5, 0.6) is 17.6 Å². The monoisotopic (exact) mass is 1530 g/mol. The Morgan fingerprint density at radius 2 is 0.692 bits per heavy atom. The molecule has 0 spiro atoms. The fourth-order valence-electron chi connectivity index (χ4n) is 13.3. The number of fused-ring (bicyclic) bond motifs is 6. The first-order chi connectivity index (χ1) is 51.2. The first-order valence-corrected chi connectivity index (χ1v) is 40.9. The second-order valence-electron chi connectivity index (χ2n) is 26.8. The number of para-hydroxylation sites is 4. The Morgan fingerprint density at radius 1 is 0.393 bits per heavy atom. The number of hydrogen-bond acceptors (Lipinski definition) is 21. The van der Waals surface area contributed by atoms with E-state index in [0.29, 0.717) is 179 Å². The van der Waals surface area contributed by atoms with Crippen molar-refractivity contribution in [2.24, 2.45) is 0 Å². The molecule has 3 atom stereocenters. The van der Waals surface area contributed by atoms with E-state index in [0.717, 1.165) is 27.4 Å². The number of nitrogens with zero attached hydrogens (tertiary/aromatic N) is 12. The van der Waals surface area contributed by atoms with Crippen molar-refractivity contribution in [3.8, 4) is 17.6 Å². The summed E-state index contributed by atoms with van der Waals surface area (Å²) in [6, 6.07) is 39.4. The standard InChI is InChI=1S/C26H28FN5O3S.C25H25ClFN5O3S.C25H26FN5O3S/c1-16-7-6-10-22-23(16)26(35-18-11-13-32(14-12-18)36(3,33)34)31-25(30-22)17(2)29-24-19-8-4-5-9-21(19)28-15-20(24)27;1-15(29-23-17-6-3-4-8-20(17)28-14-19(23)27)24-30-21-9-5-7-18(26)22(21)25(31-24)35-16-10-12-32(13-11-16)36(2,33)34;1-16(28-23-18-7-3-5-9-21(18)27-15-20(23)26)24-29-22-10-6-4-8-19(22)25(30-24)34-17-11-13-31(14-12-17)35(2,32)33/h4-10,15,17-18H,11-14H2,1-3H3,(H,28,29);3-9,14-16H,10-13H2,1-2H3,(H,28,29);3-10,15-17H,11-14H2,1-2H3,(H,27,28)/t17-;15-;16-/m000/s1. The third kappa shape index (κ3) is 17.4. The molecule has 0 unspecified atom stereocenters. The van der Waals surface area contributed by atoms with Crippen molar-refractivity contribution >= 4 is 124 Å². The normalized spacial score (nSPS) is 16.4. The number of hydrogen-bond donors (Lipinski definition) is 3. The SMILES string of the molecule is C[C@H](Nc1c(F)cnc2ccccc12)c1nc(OC2CCN(S(C)(=O)=O)CC2)c2c(Cl)cccc2n1.C[C@H](Nc1c(F)cnc2ccccc12)c1nc(OC2CCN(S(C)(=O)=O)CC2)c2ccccc2n1.Cc1cccc2nc([C@H](C)Nc3c(F)cnc4ccccc34)nc(OC3CCN(S(C)(=O)=O)CC3)c12. The molecule has 0 radical (unpaired) electrons. The lowest BCUT2D eigenvalue weighted by atomic mass is 10.1. The van der Waals surface area contributed by atoms with Gasteiger partial charge in [-0.15, -0.1) is 0 Å². The van der Waals surface area contributed by atoms with E-state index < -0.39 is 65.6 Å². The summed E-state index contributed by atoms with van der Waals surface area (Å²) in [6.45, 7) is 9.94. The summed E-state index contributed by atoms with van der Waals surface area (Å²) in [5, 5.41) is 14.3. The Morgan fingerprint density at radius 3 is 1.07 bits per heavy atom. The number of pyridine rings is 3. The number of halogens is 4. The van der Waals surface area contributed by atoms with E-state index in [1.165, 1.54) is 50.3 Å². The topological polar surface area (TPSA) is 292 Å². The van der Waals surface area contributed by atoms with Crippen molar-refractivity contribution in [1.82, 2.24) is 57.8 Å². The van der Waals surface area contributed by atoms with E-state index in [2.05, 4.69) is 40.9 Å². The molecule has 12 aromatic rings. The Balaban J connectivity index is 0.000000142. The Bertz CT molecular complexity index is 5440. The maximum Gasteiger partial charge on any atom is 0.226 e. The fourth-order valence-corrected chi connectivity index (χ4v) is 16.2. The minimum Gasteiger partial charge on any atom is -0.474 e. The molecule has 3 aliphatic rings. The van der Waals surface area contributed by atoms with Gasteiger partial charge in [-0.3, -0.25) is 15.0 Å². The number of sulfonamides is 3. The van der Waals surface area contributed by atoms with Gasteiger partial charge >= 0.3 is 0 Å². The van der Waals surface area contributed by atoms with Gasteiger partial charge in [0.05, 0.1) is 127 Å². The van der Waals surface area contributed by atoms with Gasteiger partial charge in [-0.1, -0.05) is 96.5 Å². The van der Waals surface area contributed by atoms with E-state index in [4.69, 9.17) is 45.7 Å². The quantitative estimate of drug-likeness (QED) is 0.0719. The molecular weight excluding hydrogens is 1460 g/mol. The van der Waals surface area contributed by atoms with Gasteiger partial charge in [-0.05, 0) is 120 Å². The molecule has 6 aromatic heterocycles. The zero-order chi connectivity index (χ0) is 75.5. The van der Waals surface area contributed by atoms with E-state index >= 15 is 0 Å². The molecule has 31 heteroatoms. The molecular formula is C76H79ClF3N15O9S3. The number of aryl methyl sites for hydroxylation is 1. The summed E-state index contributed by atoms with van der Waals surface area (Å²) in [5.74, 6) is 1.19. The summed E-state index contributed by atoms with van der Waals surface area (Å²) in [6.07, 6.45) is 10.0. The van der Waals surface area contributed by atoms with Crippen LogP contribution in [0.2, 0.25) is 5.02 Å². The Kier molecular flexibility index (Phi) is 22.5. The Hall–Kier alpha value is -9.82. The Labute approximate surface area is 622 Å². The maximum atomic E-state index is 14.8. The highest BCUT2D eigenvalue weighted by molar-refractivity contribution is 7.88. The zero-order valence-electron chi connectivity index (χ0n) is 59.7. The number of ether oxygens (including phenoxy) is 3.